The molecule has 3 rings (SSSR count). The van der Waals surface area contributed by atoms with Crippen molar-refractivity contribution in [1.29, 1.82) is 0 Å². The number of ether oxygens (including phenoxy) is 2. The van der Waals surface area contributed by atoms with Crippen molar-refractivity contribution in [3.05, 3.63) is 17.7 Å². The second-order valence-electron chi connectivity index (χ2n) is 3.81. The molecule has 1 aromatic rings. The maximum atomic E-state index is 9.83. The molecule has 1 unspecified atom stereocenters. The third-order valence-corrected chi connectivity index (χ3v) is 2.81. The van der Waals surface area contributed by atoms with Gasteiger partial charge in [0.15, 0.2) is 11.5 Å². The number of nitrogens with one attached hydrogen (secondary N) is 1. The summed E-state index contributed by atoms with van der Waals surface area (Å²) in [6.07, 6.45) is 0.351. The topological polar surface area (TPSA) is 50.7 Å². The van der Waals surface area contributed by atoms with Crippen molar-refractivity contribution in [3.8, 4) is 11.5 Å². The number of hydrogen-bond donors (Lipinski definition) is 2. The van der Waals surface area contributed by atoms with E-state index < -0.39 is 6.10 Å². The first-order valence-electron chi connectivity index (χ1n) is 5.20. The highest BCUT2D eigenvalue weighted by Gasteiger charge is 2.22. The number of benzene rings is 1. The average molecular weight is 207 g/mol. The van der Waals surface area contributed by atoms with Gasteiger partial charge in [-0.05, 0) is 12.5 Å². The minimum atomic E-state index is -0.392. The minimum Gasteiger partial charge on any atom is -0.486 e. The van der Waals surface area contributed by atoms with E-state index in [0.29, 0.717) is 13.2 Å². The molecule has 0 bridgehead atoms. The van der Waals surface area contributed by atoms with Crippen LogP contribution >= 0.6 is 0 Å². The van der Waals surface area contributed by atoms with E-state index in [1.807, 2.05) is 12.1 Å². The van der Waals surface area contributed by atoms with Crippen molar-refractivity contribution in [1.82, 2.24) is 0 Å². The van der Waals surface area contributed by atoms with Gasteiger partial charge in [-0.15, -0.1) is 0 Å². The van der Waals surface area contributed by atoms with Gasteiger partial charge in [0.2, 0.25) is 0 Å². The zero-order valence-corrected chi connectivity index (χ0v) is 8.32. The van der Waals surface area contributed by atoms with Gasteiger partial charge in [0, 0.05) is 23.9 Å². The van der Waals surface area contributed by atoms with Gasteiger partial charge in [-0.3, -0.25) is 0 Å². The second kappa shape index (κ2) is 3.31. The van der Waals surface area contributed by atoms with E-state index in [4.69, 9.17) is 9.47 Å². The van der Waals surface area contributed by atoms with Crippen LogP contribution in [0, 0.1) is 0 Å². The maximum Gasteiger partial charge on any atom is 0.163 e. The summed E-state index contributed by atoms with van der Waals surface area (Å²) in [5.41, 5.74) is 1.86. The molecule has 0 aliphatic carbocycles. The van der Waals surface area contributed by atoms with Crippen molar-refractivity contribution < 1.29 is 14.6 Å². The van der Waals surface area contributed by atoms with Crippen molar-refractivity contribution in [3.63, 3.8) is 0 Å². The molecule has 0 saturated heterocycles. The van der Waals surface area contributed by atoms with Crippen molar-refractivity contribution in [2.24, 2.45) is 0 Å². The van der Waals surface area contributed by atoms with E-state index in [1.54, 1.807) is 0 Å². The minimum absolute atomic E-state index is 0.392. The number of aliphatic hydroxyl groups excluding tert-OH is 1. The van der Waals surface area contributed by atoms with Crippen molar-refractivity contribution in [2.75, 3.05) is 25.1 Å². The molecule has 4 nitrogen and oxygen atoms in total. The normalized spacial score (nSPS) is 22.9. The zero-order valence-electron chi connectivity index (χ0n) is 8.32. The largest absolute Gasteiger partial charge is 0.486 e. The highest BCUT2D eigenvalue weighted by molar-refractivity contribution is 5.62. The molecule has 2 N–H and O–H groups in total. The van der Waals surface area contributed by atoms with Gasteiger partial charge < -0.3 is 19.9 Å². The Bertz CT molecular complexity index is 392. The van der Waals surface area contributed by atoms with Gasteiger partial charge in [-0.25, -0.2) is 0 Å². The Morgan fingerprint density at radius 2 is 1.93 bits per heavy atom. The predicted octanol–water partition coefficient (Wildman–Crippen LogP) is 1.31. The smallest absolute Gasteiger partial charge is 0.163 e. The first kappa shape index (κ1) is 8.85. The number of hydrogen-bond acceptors (Lipinski definition) is 4. The van der Waals surface area contributed by atoms with E-state index in [1.165, 1.54) is 0 Å². The molecule has 15 heavy (non-hydrogen) atoms. The van der Waals surface area contributed by atoms with Crippen LogP contribution in [-0.4, -0.2) is 24.9 Å². The second-order valence-corrected chi connectivity index (χ2v) is 3.81. The van der Waals surface area contributed by atoms with Gasteiger partial charge in [0.05, 0.1) is 6.10 Å². The molecular weight excluding hydrogens is 194 g/mol. The fraction of sp³-hybridized carbons (Fsp3) is 0.455. The molecular formula is C11H13NO3. The van der Waals surface area contributed by atoms with Gasteiger partial charge in [0.1, 0.15) is 13.2 Å². The fourth-order valence-electron chi connectivity index (χ4n) is 2.03. The van der Waals surface area contributed by atoms with E-state index >= 15 is 0 Å². The highest BCUT2D eigenvalue weighted by Crippen LogP contribution is 2.40. The van der Waals surface area contributed by atoms with E-state index in [-0.39, 0.29) is 0 Å². The molecule has 2 aliphatic rings. The summed E-state index contributed by atoms with van der Waals surface area (Å²) in [6.45, 7) is 1.97. The molecule has 0 fully saturated rings. The van der Waals surface area contributed by atoms with Gasteiger partial charge >= 0.3 is 0 Å². The summed E-state index contributed by atoms with van der Waals surface area (Å²) < 4.78 is 11.0. The van der Waals surface area contributed by atoms with Crippen LogP contribution in [-0.2, 0) is 0 Å². The quantitative estimate of drug-likeness (QED) is 0.673. The lowest BCUT2D eigenvalue weighted by molar-refractivity contribution is 0.159. The molecule has 2 heterocycles. The molecule has 4 heteroatoms. The molecule has 1 aromatic carbocycles. The Labute approximate surface area is 87.8 Å². The van der Waals surface area contributed by atoms with Crippen LogP contribution in [0.3, 0.4) is 0 Å². The van der Waals surface area contributed by atoms with Crippen LogP contribution in [0.4, 0.5) is 5.69 Å². The van der Waals surface area contributed by atoms with Crippen LogP contribution in [0.1, 0.15) is 18.1 Å². The molecule has 0 saturated carbocycles. The molecule has 1 atom stereocenters. The Hall–Kier alpha value is -1.42. The lowest BCUT2D eigenvalue weighted by Crippen LogP contribution is -2.20. The van der Waals surface area contributed by atoms with Crippen LogP contribution in [0.2, 0.25) is 0 Å². The molecule has 2 aliphatic heterocycles. The standard InChI is InChI=1S/C11H13NO3/c13-9-1-2-12-8-6-11-10(5-7(8)9)14-3-4-15-11/h5-6,9,12-13H,1-4H2. The summed E-state index contributed by atoms with van der Waals surface area (Å²) in [7, 11) is 0. The Kier molecular flexibility index (Phi) is 1.95. The molecule has 0 aromatic heterocycles. The molecule has 0 amide bonds. The average Bonchev–Trinajstić information content (AvgIpc) is 2.27. The van der Waals surface area contributed by atoms with Gasteiger partial charge in [-0.1, -0.05) is 0 Å². The summed E-state index contributed by atoms with van der Waals surface area (Å²) in [5, 5.41) is 13.1. The first-order chi connectivity index (χ1) is 7.34. The van der Waals surface area contributed by atoms with E-state index in [9.17, 15) is 5.11 Å². The van der Waals surface area contributed by atoms with E-state index in [2.05, 4.69) is 5.32 Å². The predicted molar refractivity (Wildman–Crippen MR) is 55.5 cm³/mol. The summed E-state index contributed by atoms with van der Waals surface area (Å²) in [6, 6.07) is 3.78. The summed E-state index contributed by atoms with van der Waals surface area (Å²) in [4.78, 5) is 0. The number of anilines is 1. The summed E-state index contributed by atoms with van der Waals surface area (Å²) in [5.74, 6) is 1.50. The number of rotatable bonds is 0. The summed E-state index contributed by atoms with van der Waals surface area (Å²) >= 11 is 0. The lowest BCUT2D eigenvalue weighted by Gasteiger charge is -2.26. The van der Waals surface area contributed by atoms with Crippen LogP contribution < -0.4 is 14.8 Å². The van der Waals surface area contributed by atoms with Gasteiger partial charge in [-0.2, -0.15) is 0 Å². The van der Waals surface area contributed by atoms with Crippen molar-refractivity contribution in [2.45, 2.75) is 12.5 Å². The van der Waals surface area contributed by atoms with Gasteiger partial charge in [0.25, 0.3) is 0 Å². The monoisotopic (exact) mass is 207 g/mol. The molecule has 80 valence electrons. The molecule has 0 spiro atoms. The highest BCUT2D eigenvalue weighted by atomic mass is 16.6. The third-order valence-electron chi connectivity index (χ3n) is 2.81. The zero-order chi connectivity index (χ0) is 10.3. The van der Waals surface area contributed by atoms with E-state index in [0.717, 1.165) is 35.7 Å². The molecule has 0 radical (unpaired) electrons. The van der Waals surface area contributed by atoms with Crippen LogP contribution in [0.15, 0.2) is 12.1 Å². The lowest BCUT2D eigenvalue weighted by atomic mass is 10.00. The van der Waals surface area contributed by atoms with Crippen LogP contribution in [0.25, 0.3) is 0 Å². The Balaban J connectivity index is 2.08. The van der Waals surface area contributed by atoms with Crippen LogP contribution in [0.5, 0.6) is 11.5 Å². The number of aliphatic hydroxyl groups is 1. The van der Waals surface area contributed by atoms with Crippen molar-refractivity contribution >= 4 is 5.69 Å². The SMILES string of the molecule is OC1CCNc2cc3c(cc21)OCCO3. The maximum absolute atomic E-state index is 9.83. The Morgan fingerprint density at radius 1 is 1.20 bits per heavy atom. The first-order valence-corrected chi connectivity index (χ1v) is 5.20. The third kappa shape index (κ3) is 1.41. The Morgan fingerprint density at radius 3 is 2.73 bits per heavy atom. The number of fused-ring (bicyclic) bond motifs is 2. The fourth-order valence-corrected chi connectivity index (χ4v) is 2.03.